The molecule has 2 rings (SSSR count). The Hall–Kier alpha value is -1.55. The quantitative estimate of drug-likeness (QED) is 0.899. The van der Waals surface area contributed by atoms with Crippen LogP contribution in [0.3, 0.4) is 0 Å². The zero-order chi connectivity index (χ0) is 14.0. The predicted molar refractivity (Wildman–Crippen MR) is 75.3 cm³/mol. The topological polar surface area (TPSA) is 41.6 Å². The van der Waals surface area contributed by atoms with Gasteiger partial charge in [0.25, 0.3) is 5.91 Å². The van der Waals surface area contributed by atoms with Crippen molar-refractivity contribution in [1.82, 2.24) is 10.2 Å². The summed E-state index contributed by atoms with van der Waals surface area (Å²) in [5.41, 5.74) is 2.67. The van der Waals surface area contributed by atoms with Crippen molar-refractivity contribution in [3.63, 3.8) is 0 Å². The van der Waals surface area contributed by atoms with E-state index < -0.39 is 6.10 Å². The summed E-state index contributed by atoms with van der Waals surface area (Å²) in [6.07, 6.45) is 1.74. The molecule has 4 heteroatoms. The summed E-state index contributed by atoms with van der Waals surface area (Å²) < 4.78 is 5.72. The average molecular weight is 262 g/mol. The molecular formula is C15H22N2O2. The van der Waals surface area contributed by atoms with Crippen LogP contribution in [0.1, 0.15) is 30.5 Å². The summed E-state index contributed by atoms with van der Waals surface area (Å²) in [6.45, 7) is 1.78. The third-order valence-corrected chi connectivity index (χ3v) is 3.64. The highest BCUT2D eigenvalue weighted by molar-refractivity contribution is 5.80. The molecule has 0 saturated heterocycles. The Morgan fingerprint density at radius 2 is 2.21 bits per heavy atom. The van der Waals surface area contributed by atoms with E-state index in [2.05, 4.69) is 17.4 Å². The lowest BCUT2D eigenvalue weighted by Gasteiger charge is -2.19. The number of aryl methyl sites for hydroxylation is 1. The normalized spacial score (nSPS) is 18.8. The second kappa shape index (κ2) is 5.61. The van der Waals surface area contributed by atoms with Gasteiger partial charge in [-0.3, -0.25) is 4.79 Å². The minimum atomic E-state index is -0.449. The van der Waals surface area contributed by atoms with Crippen LogP contribution in [0.25, 0.3) is 0 Å². The highest BCUT2D eigenvalue weighted by atomic mass is 16.5. The molecule has 0 saturated carbocycles. The van der Waals surface area contributed by atoms with Gasteiger partial charge in [0, 0.05) is 20.1 Å². The van der Waals surface area contributed by atoms with E-state index in [-0.39, 0.29) is 5.91 Å². The van der Waals surface area contributed by atoms with Gasteiger partial charge in [0.05, 0.1) is 0 Å². The summed E-state index contributed by atoms with van der Waals surface area (Å²) in [6, 6.07) is 6.57. The van der Waals surface area contributed by atoms with Crippen molar-refractivity contribution in [3.05, 3.63) is 29.3 Å². The number of likely N-dealkylation sites (N-methyl/N-ethyl adjacent to an activating group) is 1. The number of nitrogens with one attached hydrogen (secondary N) is 1. The van der Waals surface area contributed by atoms with Crippen LogP contribution in [0.5, 0.6) is 5.75 Å². The second-order valence-electron chi connectivity index (χ2n) is 5.23. The van der Waals surface area contributed by atoms with Crippen LogP contribution < -0.4 is 10.1 Å². The van der Waals surface area contributed by atoms with Gasteiger partial charge < -0.3 is 15.0 Å². The van der Waals surface area contributed by atoms with E-state index in [1.807, 2.05) is 13.1 Å². The van der Waals surface area contributed by atoms with Gasteiger partial charge in [-0.2, -0.15) is 0 Å². The molecule has 19 heavy (non-hydrogen) atoms. The van der Waals surface area contributed by atoms with E-state index in [0.717, 1.165) is 18.6 Å². The summed E-state index contributed by atoms with van der Waals surface area (Å²) in [5, 5.41) is 3.31. The molecule has 1 aliphatic carbocycles. The minimum absolute atomic E-state index is 0.0198. The highest BCUT2D eigenvalue weighted by Gasteiger charge is 2.22. The lowest BCUT2D eigenvalue weighted by Crippen LogP contribution is -2.35. The minimum Gasteiger partial charge on any atom is -0.481 e. The number of fused-ring (bicyclic) bond motifs is 1. The fraction of sp³-hybridized carbons (Fsp3) is 0.533. The molecule has 1 aromatic rings. The Labute approximate surface area is 114 Å². The van der Waals surface area contributed by atoms with Crippen LogP contribution in [0.15, 0.2) is 18.2 Å². The third-order valence-electron chi connectivity index (χ3n) is 3.64. The van der Waals surface area contributed by atoms with Crippen molar-refractivity contribution in [2.75, 3.05) is 21.1 Å². The van der Waals surface area contributed by atoms with Gasteiger partial charge >= 0.3 is 0 Å². The molecule has 0 radical (unpaired) electrons. The first-order chi connectivity index (χ1) is 9.02. The maximum absolute atomic E-state index is 11.8. The molecule has 104 valence electrons. The van der Waals surface area contributed by atoms with Crippen molar-refractivity contribution < 1.29 is 9.53 Å². The average Bonchev–Trinajstić information content (AvgIpc) is 2.79. The molecule has 1 amide bonds. The van der Waals surface area contributed by atoms with Crippen LogP contribution in [-0.4, -0.2) is 38.1 Å². The first-order valence-corrected chi connectivity index (χ1v) is 6.71. The molecule has 0 bridgehead atoms. The van der Waals surface area contributed by atoms with E-state index >= 15 is 0 Å². The van der Waals surface area contributed by atoms with Gasteiger partial charge in [0.1, 0.15) is 5.75 Å². The number of hydrogen-bond acceptors (Lipinski definition) is 3. The number of carbonyl (C=O) groups is 1. The molecule has 1 aliphatic rings. The van der Waals surface area contributed by atoms with Crippen LogP contribution in [-0.2, 0) is 11.2 Å². The Bertz CT molecular complexity index is 471. The van der Waals surface area contributed by atoms with E-state index in [0.29, 0.717) is 6.04 Å². The molecule has 4 nitrogen and oxygen atoms in total. The van der Waals surface area contributed by atoms with Gasteiger partial charge in [-0.25, -0.2) is 0 Å². The van der Waals surface area contributed by atoms with Crippen LogP contribution >= 0.6 is 0 Å². The van der Waals surface area contributed by atoms with E-state index in [9.17, 15) is 4.79 Å². The Morgan fingerprint density at radius 1 is 1.47 bits per heavy atom. The lowest BCUT2D eigenvalue weighted by atomic mass is 10.1. The summed E-state index contributed by atoms with van der Waals surface area (Å²) in [4.78, 5) is 13.3. The molecule has 0 aromatic heterocycles. The molecule has 1 N–H and O–H groups in total. The summed E-state index contributed by atoms with van der Waals surface area (Å²) >= 11 is 0. The van der Waals surface area contributed by atoms with Gasteiger partial charge in [-0.15, -0.1) is 0 Å². The Kier molecular flexibility index (Phi) is 4.10. The SMILES string of the molecule is CNC1CCc2cc(OC(C)C(=O)N(C)C)ccc21. The van der Waals surface area contributed by atoms with E-state index in [1.54, 1.807) is 25.9 Å². The molecule has 0 fully saturated rings. The molecular weight excluding hydrogens is 240 g/mol. The maximum Gasteiger partial charge on any atom is 0.262 e. The molecule has 2 unspecified atom stereocenters. The summed E-state index contributed by atoms with van der Waals surface area (Å²) in [5.74, 6) is 0.756. The van der Waals surface area contributed by atoms with Gasteiger partial charge in [-0.1, -0.05) is 6.07 Å². The zero-order valence-electron chi connectivity index (χ0n) is 12.1. The zero-order valence-corrected chi connectivity index (χ0v) is 12.1. The van der Waals surface area contributed by atoms with Crippen molar-refractivity contribution in [1.29, 1.82) is 0 Å². The number of benzene rings is 1. The number of hydrogen-bond donors (Lipinski definition) is 1. The van der Waals surface area contributed by atoms with Crippen LogP contribution in [0.2, 0.25) is 0 Å². The van der Waals surface area contributed by atoms with Gasteiger partial charge in [0.2, 0.25) is 0 Å². The molecule has 0 aliphatic heterocycles. The van der Waals surface area contributed by atoms with E-state index in [1.165, 1.54) is 11.1 Å². The third kappa shape index (κ3) is 2.89. The number of rotatable bonds is 4. The maximum atomic E-state index is 11.8. The van der Waals surface area contributed by atoms with E-state index in [4.69, 9.17) is 4.74 Å². The first kappa shape index (κ1) is 13.9. The molecule has 0 heterocycles. The monoisotopic (exact) mass is 262 g/mol. The fourth-order valence-electron chi connectivity index (χ4n) is 2.59. The standard InChI is InChI=1S/C15H22N2O2/c1-10(15(18)17(3)4)19-12-6-7-13-11(9-12)5-8-14(13)16-2/h6-7,9-10,14,16H,5,8H2,1-4H3. The molecule has 2 atom stereocenters. The number of ether oxygens (including phenoxy) is 1. The number of carbonyl (C=O) groups excluding carboxylic acids is 1. The predicted octanol–water partition coefficient (Wildman–Crippen LogP) is 1.75. The largest absolute Gasteiger partial charge is 0.481 e. The van der Waals surface area contributed by atoms with Gasteiger partial charge in [0.15, 0.2) is 6.10 Å². The fourth-order valence-corrected chi connectivity index (χ4v) is 2.59. The first-order valence-electron chi connectivity index (χ1n) is 6.71. The van der Waals surface area contributed by atoms with Crippen molar-refractivity contribution in [2.45, 2.75) is 31.9 Å². The molecule has 1 aromatic carbocycles. The van der Waals surface area contributed by atoms with Crippen LogP contribution in [0, 0.1) is 0 Å². The Balaban J connectivity index is 2.09. The van der Waals surface area contributed by atoms with Crippen molar-refractivity contribution in [2.24, 2.45) is 0 Å². The van der Waals surface area contributed by atoms with Crippen molar-refractivity contribution in [3.8, 4) is 5.75 Å². The lowest BCUT2D eigenvalue weighted by molar-refractivity contribution is -0.135. The summed E-state index contributed by atoms with van der Waals surface area (Å²) in [7, 11) is 5.47. The number of nitrogens with zero attached hydrogens (tertiary/aromatic N) is 1. The van der Waals surface area contributed by atoms with Crippen LogP contribution in [0.4, 0.5) is 0 Å². The second-order valence-corrected chi connectivity index (χ2v) is 5.23. The number of amides is 1. The smallest absolute Gasteiger partial charge is 0.262 e. The van der Waals surface area contributed by atoms with Gasteiger partial charge in [-0.05, 0) is 50.1 Å². The highest BCUT2D eigenvalue weighted by Crippen LogP contribution is 2.33. The molecule has 0 spiro atoms. The Morgan fingerprint density at radius 3 is 2.84 bits per heavy atom. The van der Waals surface area contributed by atoms with Crippen molar-refractivity contribution >= 4 is 5.91 Å².